The molecule has 2 rings (SSSR count). The van der Waals surface area contributed by atoms with Gasteiger partial charge in [-0.2, -0.15) is 0 Å². The van der Waals surface area contributed by atoms with E-state index in [0.717, 1.165) is 11.3 Å². The lowest BCUT2D eigenvalue weighted by molar-refractivity contribution is 0.310. The van der Waals surface area contributed by atoms with Crippen molar-refractivity contribution in [2.45, 2.75) is 18.0 Å². The van der Waals surface area contributed by atoms with E-state index in [0.29, 0.717) is 24.5 Å². The van der Waals surface area contributed by atoms with Gasteiger partial charge in [-0.25, -0.2) is 8.42 Å². The summed E-state index contributed by atoms with van der Waals surface area (Å²) in [6, 6.07) is 10.5. The fourth-order valence-electron chi connectivity index (χ4n) is 2.01. The average Bonchev–Trinajstić information content (AvgIpc) is 2.98. The predicted molar refractivity (Wildman–Crippen MR) is 81.4 cm³/mol. The Hall–Kier alpha value is -1.63. The van der Waals surface area contributed by atoms with Crippen LogP contribution < -0.4 is 5.73 Å². The van der Waals surface area contributed by atoms with Crippen molar-refractivity contribution in [3.05, 3.63) is 54.0 Å². The highest BCUT2D eigenvalue weighted by Gasteiger charge is 2.16. The number of benzene rings is 1. The first-order chi connectivity index (χ1) is 10.0. The quantitative estimate of drug-likeness (QED) is 0.841. The van der Waals surface area contributed by atoms with Crippen LogP contribution in [0.3, 0.4) is 0 Å². The van der Waals surface area contributed by atoms with Gasteiger partial charge in [0.15, 0.2) is 9.84 Å². The lowest BCUT2D eigenvalue weighted by Gasteiger charge is -2.15. The van der Waals surface area contributed by atoms with E-state index in [1.807, 2.05) is 30.1 Å². The van der Waals surface area contributed by atoms with Crippen molar-refractivity contribution in [3.63, 3.8) is 0 Å². The van der Waals surface area contributed by atoms with Crippen molar-refractivity contribution >= 4 is 9.84 Å². The molecule has 0 aliphatic rings. The molecule has 0 saturated heterocycles. The molecular formula is C15H20N2O3S. The second-order valence-electron chi connectivity index (χ2n) is 4.99. The molecule has 1 aromatic carbocycles. The highest BCUT2D eigenvalue weighted by Crippen LogP contribution is 2.14. The van der Waals surface area contributed by atoms with Crippen LogP contribution in [0.25, 0.3) is 0 Å². The van der Waals surface area contributed by atoms with Crippen molar-refractivity contribution in [3.8, 4) is 0 Å². The number of hydrogen-bond donors (Lipinski definition) is 1. The summed E-state index contributed by atoms with van der Waals surface area (Å²) in [6.07, 6.45) is 1.61. The summed E-state index contributed by atoms with van der Waals surface area (Å²) in [5.41, 5.74) is 6.37. The Labute approximate surface area is 125 Å². The number of furan rings is 1. The second kappa shape index (κ2) is 6.89. The predicted octanol–water partition coefficient (Wildman–Crippen LogP) is 1.64. The van der Waals surface area contributed by atoms with E-state index in [2.05, 4.69) is 0 Å². The molecule has 114 valence electrons. The molecular weight excluding hydrogens is 288 g/mol. The Morgan fingerprint density at radius 3 is 2.71 bits per heavy atom. The molecule has 2 N–H and O–H groups in total. The van der Waals surface area contributed by atoms with Gasteiger partial charge in [0.05, 0.1) is 23.5 Å². The Morgan fingerprint density at radius 1 is 1.24 bits per heavy atom. The maximum Gasteiger partial charge on any atom is 0.179 e. The molecule has 0 aliphatic carbocycles. The van der Waals surface area contributed by atoms with Crippen LogP contribution in [-0.2, 0) is 22.9 Å². The summed E-state index contributed by atoms with van der Waals surface area (Å²) in [5, 5.41) is 0. The summed E-state index contributed by atoms with van der Waals surface area (Å²) < 4.78 is 29.9. The smallest absolute Gasteiger partial charge is 0.179 e. The SMILES string of the molecule is CN(CCS(=O)(=O)c1cccc(CN)c1)Cc1ccco1. The molecule has 0 aliphatic heterocycles. The first-order valence-electron chi connectivity index (χ1n) is 6.74. The van der Waals surface area contributed by atoms with Crippen LogP contribution >= 0.6 is 0 Å². The Kier molecular flexibility index (Phi) is 5.17. The summed E-state index contributed by atoms with van der Waals surface area (Å²) >= 11 is 0. The minimum atomic E-state index is -3.29. The monoisotopic (exact) mass is 308 g/mol. The minimum Gasteiger partial charge on any atom is -0.468 e. The average molecular weight is 308 g/mol. The molecule has 0 unspecified atom stereocenters. The van der Waals surface area contributed by atoms with Crippen molar-refractivity contribution < 1.29 is 12.8 Å². The van der Waals surface area contributed by atoms with Crippen molar-refractivity contribution in [2.24, 2.45) is 5.73 Å². The van der Waals surface area contributed by atoms with Gasteiger partial charge in [-0.3, -0.25) is 4.90 Å². The molecule has 5 nitrogen and oxygen atoms in total. The van der Waals surface area contributed by atoms with E-state index in [9.17, 15) is 8.42 Å². The number of rotatable bonds is 7. The summed E-state index contributed by atoms with van der Waals surface area (Å²) in [7, 11) is -1.43. The maximum atomic E-state index is 12.3. The number of nitrogens with zero attached hydrogens (tertiary/aromatic N) is 1. The highest BCUT2D eigenvalue weighted by molar-refractivity contribution is 7.91. The first kappa shape index (κ1) is 15.8. The van der Waals surface area contributed by atoms with Crippen LogP contribution in [0, 0.1) is 0 Å². The highest BCUT2D eigenvalue weighted by atomic mass is 32.2. The van der Waals surface area contributed by atoms with E-state index in [1.165, 1.54) is 0 Å². The molecule has 0 radical (unpaired) electrons. The largest absolute Gasteiger partial charge is 0.468 e. The van der Waals surface area contributed by atoms with Crippen LogP contribution in [-0.4, -0.2) is 32.7 Å². The van der Waals surface area contributed by atoms with Crippen molar-refractivity contribution in [1.29, 1.82) is 0 Å². The summed E-state index contributed by atoms with van der Waals surface area (Å²) in [6.45, 7) is 1.36. The third kappa shape index (κ3) is 4.42. The molecule has 0 bridgehead atoms. The van der Waals surface area contributed by atoms with Gasteiger partial charge in [0.1, 0.15) is 5.76 Å². The van der Waals surface area contributed by atoms with E-state index in [1.54, 1.807) is 24.5 Å². The van der Waals surface area contributed by atoms with Crippen LogP contribution in [0.15, 0.2) is 52.0 Å². The maximum absolute atomic E-state index is 12.3. The lowest BCUT2D eigenvalue weighted by Crippen LogP contribution is -2.25. The zero-order valence-corrected chi connectivity index (χ0v) is 12.8. The fourth-order valence-corrected chi connectivity index (χ4v) is 3.41. The van der Waals surface area contributed by atoms with Crippen LogP contribution in [0.4, 0.5) is 0 Å². The van der Waals surface area contributed by atoms with E-state index in [4.69, 9.17) is 10.2 Å². The van der Waals surface area contributed by atoms with Crippen LogP contribution in [0.5, 0.6) is 0 Å². The summed E-state index contributed by atoms with van der Waals surface area (Å²) in [5.74, 6) is 0.887. The van der Waals surface area contributed by atoms with Gasteiger partial charge in [-0.1, -0.05) is 12.1 Å². The molecule has 0 amide bonds. The molecule has 1 heterocycles. The summed E-state index contributed by atoms with van der Waals surface area (Å²) in [4.78, 5) is 2.25. The van der Waals surface area contributed by atoms with Gasteiger partial charge in [0.25, 0.3) is 0 Å². The lowest BCUT2D eigenvalue weighted by atomic mass is 10.2. The minimum absolute atomic E-state index is 0.0677. The fraction of sp³-hybridized carbons (Fsp3) is 0.333. The molecule has 21 heavy (non-hydrogen) atoms. The van der Waals surface area contributed by atoms with Gasteiger partial charge in [-0.15, -0.1) is 0 Å². The van der Waals surface area contributed by atoms with Gasteiger partial charge in [0.2, 0.25) is 0 Å². The standard InChI is InChI=1S/C15H20N2O3S/c1-17(12-14-5-3-8-20-14)7-9-21(18,19)15-6-2-4-13(10-15)11-16/h2-6,8,10H,7,9,11-12,16H2,1H3. The molecule has 0 spiro atoms. The van der Waals surface area contributed by atoms with Crippen LogP contribution in [0.1, 0.15) is 11.3 Å². The second-order valence-corrected chi connectivity index (χ2v) is 7.10. The number of sulfone groups is 1. The first-order valence-corrected chi connectivity index (χ1v) is 8.39. The van der Waals surface area contributed by atoms with Gasteiger partial charge in [0, 0.05) is 13.1 Å². The third-order valence-electron chi connectivity index (χ3n) is 3.24. The van der Waals surface area contributed by atoms with Crippen LogP contribution in [0.2, 0.25) is 0 Å². The zero-order valence-electron chi connectivity index (χ0n) is 12.0. The zero-order chi connectivity index (χ0) is 15.3. The van der Waals surface area contributed by atoms with Crippen molar-refractivity contribution in [2.75, 3.05) is 19.3 Å². The van der Waals surface area contributed by atoms with Gasteiger partial charge in [-0.05, 0) is 36.9 Å². The Balaban J connectivity index is 1.97. The molecule has 0 saturated carbocycles. The number of hydrogen-bond acceptors (Lipinski definition) is 5. The van der Waals surface area contributed by atoms with Gasteiger partial charge < -0.3 is 10.2 Å². The van der Waals surface area contributed by atoms with Gasteiger partial charge >= 0.3 is 0 Å². The Morgan fingerprint density at radius 2 is 2.05 bits per heavy atom. The van der Waals surface area contributed by atoms with E-state index < -0.39 is 9.84 Å². The molecule has 1 aromatic heterocycles. The van der Waals surface area contributed by atoms with E-state index in [-0.39, 0.29) is 5.75 Å². The third-order valence-corrected chi connectivity index (χ3v) is 4.93. The molecule has 0 atom stereocenters. The molecule has 0 fully saturated rings. The number of nitrogens with two attached hydrogens (primary N) is 1. The molecule has 2 aromatic rings. The van der Waals surface area contributed by atoms with Crippen molar-refractivity contribution in [1.82, 2.24) is 4.90 Å². The molecule has 6 heteroatoms. The normalized spacial score (nSPS) is 12.0. The Bertz CT molecular complexity index is 666. The topological polar surface area (TPSA) is 76.5 Å². The van der Waals surface area contributed by atoms with E-state index >= 15 is 0 Å².